The fourth-order valence-corrected chi connectivity index (χ4v) is 4.56. The van der Waals surface area contributed by atoms with E-state index < -0.39 is 0 Å². The normalized spacial score (nSPS) is 36.9. The average molecular weight is 162 g/mol. The van der Waals surface area contributed by atoms with Gasteiger partial charge in [-0.05, 0) is 11.2 Å². The van der Waals surface area contributed by atoms with Crippen LogP contribution in [0.3, 0.4) is 0 Å². The maximum atomic E-state index is 5.19. The second-order valence-corrected chi connectivity index (χ2v) is 6.88. The van der Waals surface area contributed by atoms with Crippen molar-refractivity contribution in [2.24, 2.45) is 5.92 Å². The Hall–Kier alpha value is 0.480. The first-order chi connectivity index (χ1) is 3.83. The predicted molar refractivity (Wildman–Crippen MR) is 44.4 cm³/mol. The molecule has 1 aliphatic rings. The van der Waals surface area contributed by atoms with Crippen LogP contribution in [0.15, 0.2) is 0 Å². The van der Waals surface area contributed by atoms with E-state index in [-0.39, 0.29) is 8.49 Å². The van der Waals surface area contributed by atoms with Crippen LogP contribution in [0.25, 0.3) is 0 Å². The summed E-state index contributed by atoms with van der Waals surface area (Å²) in [7, 11) is 1.98. The van der Waals surface area contributed by atoms with Crippen LogP contribution in [0.1, 0.15) is 0 Å². The molecule has 0 aromatic carbocycles. The smallest absolute Gasteiger partial charge is 0.0400 e. The molecule has 0 radical (unpaired) electrons. The minimum Gasteiger partial charge on any atom is -0.120 e. The second-order valence-electron chi connectivity index (χ2n) is 1.62. The van der Waals surface area contributed by atoms with Gasteiger partial charge >= 0.3 is 0 Å². The standard InChI is InChI=1S/C5H6S3/c1-2-5-3-7-8(6)4-5/h1,5H,3-4H2. The number of hydrogen-bond donors (Lipinski definition) is 0. The molecule has 0 aliphatic carbocycles. The lowest BCUT2D eigenvalue weighted by Crippen LogP contribution is -1.97. The fraction of sp³-hybridized carbons (Fsp3) is 0.600. The summed E-state index contributed by atoms with van der Waals surface area (Å²) >= 11 is 5.04. The molecule has 1 aliphatic heterocycles. The largest absolute Gasteiger partial charge is 0.120 e. The molecule has 44 valence electrons. The molecule has 0 N–H and O–H groups in total. The highest BCUT2D eigenvalue weighted by Gasteiger charge is 2.15. The van der Waals surface area contributed by atoms with Crippen LogP contribution in [0.5, 0.6) is 0 Å². The molecule has 0 aromatic heterocycles. The van der Waals surface area contributed by atoms with E-state index in [2.05, 4.69) is 5.92 Å². The molecule has 0 nitrogen and oxygen atoms in total. The molecule has 8 heavy (non-hydrogen) atoms. The molecule has 0 spiro atoms. The van der Waals surface area contributed by atoms with Crippen LogP contribution >= 0.6 is 10.8 Å². The van der Waals surface area contributed by atoms with E-state index in [0.29, 0.717) is 5.92 Å². The van der Waals surface area contributed by atoms with Gasteiger partial charge in [-0.25, -0.2) is 0 Å². The molecule has 0 saturated carbocycles. The maximum absolute atomic E-state index is 5.19. The Balaban J connectivity index is 2.47. The van der Waals surface area contributed by atoms with Crippen LogP contribution in [-0.4, -0.2) is 11.5 Å². The van der Waals surface area contributed by atoms with E-state index in [9.17, 15) is 0 Å². The van der Waals surface area contributed by atoms with Crippen molar-refractivity contribution in [1.82, 2.24) is 0 Å². The van der Waals surface area contributed by atoms with Crippen molar-refractivity contribution in [2.75, 3.05) is 11.5 Å². The summed E-state index contributed by atoms with van der Waals surface area (Å²) in [5.41, 5.74) is 0. The van der Waals surface area contributed by atoms with E-state index in [1.807, 2.05) is 10.8 Å². The van der Waals surface area contributed by atoms with Gasteiger partial charge in [0.05, 0.1) is 0 Å². The van der Waals surface area contributed by atoms with E-state index in [1.54, 1.807) is 0 Å². The highest BCUT2D eigenvalue weighted by Crippen LogP contribution is 2.23. The molecule has 0 amide bonds. The van der Waals surface area contributed by atoms with Gasteiger partial charge in [0.25, 0.3) is 0 Å². The monoisotopic (exact) mass is 162 g/mol. The molecule has 1 heterocycles. The minimum atomic E-state index is 0.155. The highest BCUT2D eigenvalue weighted by molar-refractivity contribution is 8.83. The zero-order valence-electron chi connectivity index (χ0n) is 4.29. The summed E-state index contributed by atoms with van der Waals surface area (Å²) in [4.78, 5) is 0. The first kappa shape index (κ1) is 6.60. The quantitative estimate of drug-likeness (QED) is 0.385. The Labute approximate surface area is 60.4 Å². The second kappa shape index (κ2) is 2.86. The fourth-order valence-electron chi connectivity index (χ4n) is 0.515. The van der Waals surface area contributed by atoms with Crippen LogP contribution in [0.4, 0.5) is 0 Å². The summed E-state index contributed by atoms with van der Waals surface area (Å²) in [6, 6.07) is 0. The first-order valence-electron chi connectivity index (χ1n) is 2.30. The molecule has 2 atom stereocenters. The van der Waals surface area contributed by atoms with Gasteiger partial charge < -0.3 is 0 Å². The Bertz CT molecular complexity index is 144. The molecule has 0 bridgehead atoms. The van der Waals surface area contributed by atoms with Crippen molar-refractivity contribution in [1.29, 1.82) is 0 Å². The molecule has 1 saturated heterocycles. The molecular weight excluding hydrogens is 156 g/mol. The van der Waals surface area contributed by atoms with Crippen molar-refractivity contribution in [3.05, 3.63) is 0 Å². The molecule has 3 heteroatoms. The lowest BCUT2D eigenvalue weighted by Gasteiger charge is -1.89. The topological polar surface area (TPSA) is 0 Å². The summed E-state index contributed by atoms with van der Waals surface area (Å²) in [5.74, 6) is 5.34. The lowest BCUT2D eigenvalue weighted by atomic mass is 10.2. The van der Waals surface area contributed by atoms with E-state index in [4.69, 9.17) is 17.6 Å². The summed E-state index contributed by atoms with van der Waals surface area (Å²) in [6.07, 6.45) is 5.19. The summed E-state index contributed by atoms with van der Waals surface area (Å²) < 4.78 is 0. The van der Waals surface area contributed by atoms with Gasteiger partial charge in [-0.1, -0.05) is 19.3 Å². The van der Waals surface area contributed by atoms with Gasteiger partial charge in [0, 0.05) is 17.4 Å². The van der Waals surface area contributed by atoms with Gasteiger partial charge in [0.15, 0.2) is 0 Å². The SMILES string of the molecule is C#CC1CSS(=S)C1. The lowest BCUT2D eigenvalue weighted by molar-refractivity contribution is 0.913. The Morgan fingerprint density at radius 2 is 2.62 bits per heavy atom. The van der Waals surface area contributed by atoms with Crippen molar-refractivity contribution in [2.45, 2.75) is 0 Å². The van der Waals surface area contributed by atoms with Crippen molar-refractivity contribution in [3.63, 3.8) is 0 Å². The van der Waals surface area contributed by atoms with Gasteiger partial charge in [0.1, 0.15) is 0 Å². The first-order valence-corrected chi connectivity index (χ1v) is 6.13. The van der Waals surface area contributed by atoms with Crippen molar-refractivity contribution < 1.29 is 0 Å². The third kappa shape index (κ3) is 1.48. The zero-order valence-corrected chi connectivity index (χ0v) is 6.74. The molecule has 1 rings (SSSR count). The van der Waals surface area contributed by atoms with Crippen LogP contribution in [0, 0.1) is 18.3 Å². The summed E-state index contributed by atoms with van der Waals surface area (Å²) in [6.45, 7) is 0. The highest BCUT2D eigenvalue weighted by atomic mass is 33.3. The molecular formula is C5H6S3. The average Bonchev–Trinajstić information content (AvgIpc) is 2.14. The molecule has 2 unspecified atom stereocenters. The van der Waals surface area contributed by atoms with Gasteiger partial charge in [-0.2, -0.15) is 0 Å². The van der Waals surface area contributed by atoms with Crippen LogP contribution < -0.4 is 0 Å². The Morgan fingerprint density at radius 1 is 1.88 bits per heavy atom. The van der Waals surface area contributed by atoms with Crippen LogP contribution in [0.2, 0.25) is 0 Å². The molecule has 0 aromatic rings. The molecule has 1 fully saturated rings. The maximum Gasteiger partial charge on any atom is 0.0400 e. The minimum absolute atomic E-state index is 0.155. The number of rotatable bonds is 0. The van der Waals surface area contributed by atoms with E-state index >= 15 is 0 Å². The van der Waals surface area contributed by atoms with Gasteiger partial charge in [0.2, 0.25) is 0 Å². The third-order valence-electron chi connectivity index (χ3n) is 0.974. The van der Waals surface area contributed by atoms with Crippen molar-refractivity contribution in [3.8, 4) is 12.3 Å². The number of terminal acetylenes is 1. The van der Waals surface area contributed by atoms with Gasteiger partial charge in [-0.3, -0.25) is 0 Å². The van der Waals surface area contributed by atoms with Crippen LogP contribution in [-0.2, 0) is 19.7 Å². The van der Waals surface area contributed by atoms with E-state index in [0.717, 1.165) is 11.5 Å². The van der Waals surface area contributed by atoms with Gasteiger partial charge in [-0.15, -0.1) is 12.3 Å². The summed E-state index contributed by atoms with van der Waals surface area (Å²) in [5, 5.41) is 0. The zero-order chi connectivity index (χ0) is 5.98. The third-order valence-corrected chi connectivity index (χ3v) is 5.33. The Morgan fingerprint density at radius 3 is 2.88 bits per heavy atom. The van der Waals surface area contributed by atoms with Crippen molar-refractivity contribution >= 4 is 30.5 Å². The number of hydrogen-bond acceptors (Lipinski definition) is 2. The van der Waals surface area contributed by atoms with E-state index in [1.165, 1.54) is 0 Å². The Kier molecular flexibility index (Phi) is 2.36. The predicted octanol–water partition coefficient (Wildman–Crippen LogP) is 0.978.